The Morgan fingerprint density at radius 2 is 1.93 bits per heavy atom. The Bertz CT molecular complexity index is 318. The monoisotopic (exact) mass is 212 g/mol. The molecule has 0 aliphatic carbocycles. The van der Waals surface area contributed by atoms with Gasteiger partial charge in [-0.25, -0.2) is 0 Å². The number of halogens is 1. The Morgan fingerprint density at radius 1 is 1.29 bits per heavy atom. The molecule has 1 nitrogen and oxygen atoms in total. The molecule has 1 rings (SSSR count). The molecule has 0 bridgehead atoms. The van der Waals surface area contributed by atoms with E-state index in [0.717, 1.165) is 11.3 Å². The van der Waals surface area contributed by atoms with Crippen LogP contribution in [0.4, 0.5) is 0 Å². The van der Waals surface area contributed by atoms with Crippen LogP contribution in [0.2, 0.25) is 0 Å². The van der Waals surface area contributed by atoms with E-state index < -0.39 is 0 Å². The molecule has 78 valence electrons. The fourth-order valence-electron chi connectivity index (χ4n) is 1.14. The van der Waals surface area contributed by atoms with Crippen molar-refractivity contribution in [2.24, 2.45) is 0 Å². The second kappa shape index (κ2) is 4.22. The van der Waals surface area contributed by atoms with Gasteiger partial charge in [-0.1, -0.05) is 12.1 Å². The molecule has 0 aliphatic rings. The Morgan fingerprint density at radius 3 is 2.50 bits per heavy atom. The fraction of sp³-hybridized carbons (Fsp3) is 0.500. The van der Waals surface area contributed by atoms with E-state index in [1.165, 1.54) is 5.56 Å². The number of rotatable bonds is 3. The van der Waals surface area contributed by atoms with Crippen LogP contribution in [-0.4, -0.2) is 11.5 Å². The van der Waals surface area contributed by atoms with E-state index in [9.17, 15) is 0 Å². The van der Waals surface area contributed by atoms with Crippen molar-refractivity contribution in [2.75, 3.05) is 5.88 Å². The smallest absolute Gasteiger partial charge is 0.123 e. The molecule has 0 unspecified atom stereocenters. The van der Waals surface area contributed by atoms with E-state index in [2.05, 4.69) is 19.1 Å². The van der Waals surface area contributed by atoms with Crippen LogP contribution in [0.3, 0.4) is 0 Å². The first-order chi connectivity index (χ1) is 6.44. The van der Waals surface area contributed by atoms with Crippen LogP contribution in [-0.2, 0) is 0 Å². The lowest BCUT2D eigenvalue weighted by Gasteiger charge is -2.25. The van der Waals surface area contributed by atoms with Gasteiger partial charge in [-0.15, -0.1) is 11.6 Å². The minimum Gasteiger partial charge on any atom is -0.486 e. The van der Waals surface area contributed by atoms with E-state index in [-0.39, 0.29) is 5.60 Å². The van der Waals surface area contributed by atoms with Gasteiger partial charge in [-0.3, -0.25) is 0 Å². The van der Waals surface area contributed by atoms with Crippen molar-refractivity contribution in [3.8, 4) is 5.75 Å². The summed E-state index contributed by atoms with van der Waals surface area (Å²) in [6, 6.07) is 6.19. The third-order valence-corrected chi connectivity index (χ3v) is 2.70. The van der Waals surface area contributed by atoms with Crippen LogP contribution in [0.1, 0.15) is 25.0 Å². The molecule has 0 aromatic heterocycles. The van der Waals surface area contributed by atoms with Crippen LogP contribution in [0.5, 0.6) is 5.75 Å². The van der Waals surface area contributed by atoms with Gasteiger partial charge in [0.05, 0.1) is 5.88 Å². The minimum absolute atomic E-state index is 0.305. The molecule has 0 saturated carbocycles. The molecule has 14 heavy (non-hydrogen) atoms. The van der Waals surface area contributed by atoms with Gasteiger partial charge in [0.25, 0.3) is 0 Å². The number of aryl methyl sites for hydroxylation is 2. The fourth-order valence-corrected chi connectivity index (χ4v) is 1.20. The first-order valence-electron chi connectivity index (χ1n) is 4.77. The summed E-state index contributed by atoms with van der Waals surface area (Å²) in [5.74, 6) is 1.41. The van der Waals surface area contributed by atoms with Crippen molar-refractivity contribution in [3.05, 3.63) is 29.3 Å². The van der Waals surface area contributed by atoms with Crippen molar-refractivity contribution in [3.63, 3.8) is 0 Å². The highest BCUT2D eigenvalue weighted by atomic mass is 35.5. The van der Waals surface area contributed by atoms with Crippen LogP contribution in [0.15, 0.2) is 18.2 Å². The van der Waals surface area contributed by atoms with Gasteiger partial charge in [0.2, 0.25) is 0 Å². The summed E-state index contributed by atoms with van der Waals surface area (Å²) in [6.45, 7) is 8.07. The van der Waals surface area contributed by atoms with E-state index in [0.29, 0.717) is 5.88 Å². The molecule has 1 aromatic carbocycles. The largest absolute Gasteiger partial charge is 0.486 e. The Labute approximate surface area is 91.0 Å². The minimum atomic E-state index is -0.305. The SMILES string of the molecule is Cc1ccc(C)c(OC(C)(C)CCl)c1. The van der Waals surface area contributed by atoms with Crippen LogP contribution >= 0.6 is 11.6 Å². The zero-order valence-electron chi connectivity index (χ0n) is 9.23. The highest BCUT2D eigenvalue weighted by Crippen LogP contribution is 2.24. The zero-order valence-corrected chi connectivity index (χ0v) is 9.98. The molecular weight excluding hydrogens is 196 g/mol. The van der Waals surface area contributed by atoms with Crippen molar-refractivity contribution in [2.45, 2.75) is 33.3 Å². The lowest BCUT2D eigenvalue weighted by atomic mass is 10.1. The Hall–Kier alpha value is -0.690. The van der Waals surface area contributed by atoms with Gasteiger partial charge in [0.15, 0.2) is 0 Å². The van der Waals surface area contributed by atoms with E-state index in [4.69, 9.17) is 16.3 Å². The van der Waals surface area contributed by atoms with Gasteiger partial charge >= 0.3 is 0 Å². The average Bonchev–Trinajstić information content (AvgIpc) is 2.11. The molecule has 0 amide bonds. The maximum Gasteiger partial charge on any atom is 0.123 e. The normalized spacial score (nSPS) is 11.5. The van der Waals surface area contributed by atoms with E-state index in [1.54, 1.807) is 0 Å². The van der Waals surface area contributed by atoms with Gasteiger partial charge in [-0.05, 0) is 44.9 Å². The standard InChI is InChI=1S/C12H17ClO/c1-9-5-6-10(2)11(7-9)14-12(3,4)8-13/h5-7H,8H2,1-4H3. The molecule has 0 N–H and O–H groups in total. The summed E-state index contributed by atoms with van der Waals surface area (Å²) in [4.78, 5) is 0. The zero-order chi connectivity index (χ0) is 10.8. The Balaban J connectivity index is 2.91. The third-order valence-electron chi connectivity index (χ3n) is 2.05. The summed E-state index contributed by atoms with van der Waals surface area (Å²) in [7, 11) is 0. The number of hydrogen-bond donors (Lipinski definition) is 0. The molecular formula is C12H17ClO. The number of alkyl halides is 1. The van der Waals surface area contributed by atoms with Crippen molar-refractivity contribution < 1.29 is 4.74 Å². The molecule has 0 fully saturated rings. The maximum atomic E-state index is 5.83. The summed E-state index contributed by atoms with van der Waals surface area (Å²) >= 11 is 5.81. The number of ether oxygens (including phenoxy) is 1. The van der Waals surface area contributed by atoms with Crippen LogP contribution < -0.4 is 4.74 Å². The van der Waals surface area contributed by atoms with Crippen LogP contribution in [0.25, 0.3) is 0 Å². The maximum absolute atomic E-state index is 5.83. The molecule has 0 saturated heterocycles. The van der Waals surface area contributed by atoms with Crippen molar-refractivity contribution >= 4 is 11.6 Å². The number of benzene rings is 1. The van der Waals surface area contributed by atoms with E-state index in [1.807, 2.05) is 26.8 Å². The lowest BCUT2D eigenvalue weighted by molar-refractivity contribution is 0.133. The average molecular weight is 213 g/mol. The topological polar surface area (TPSA) is 9.23 Å². The molecule has 0 spiro atoms. The predicted octanol–water partition coefficient (Wildman–Crippen LogP) is 3.70. The molecule has 1 aromatic rings. The first kappa shape index (κ1) is 11.4. The van der Waals surface area contributed by atoms with Gasteiger partial charge in [0, 0.05) is 0 Å². The third kappa shape index (κ3) is 2.91. The molecule has 2 heteroatoms. The second-order valence-corrected chi connectivity index (χ2v) is 4.53. The quantitative estimate of drug-likeness (QED) is 0.695. The molecule has 0 radical (unpaired) electrons. The molecule has 0 heterocycles. The predicted molar refractivity (Wildman–Crippen MR) is 61.3 cm³/mol. The lowest BCUT2D eigenvalue weighted by Crippen LogP contribution is -2.30. The summed E-state index contributed by atoms with van der Waals surface area (Å²) in [5, 5.41) is 0. The van der Waals surface area contributed by atoms with Gasteiger partial charge in [0.1, 0.15) is 11.4 Å². The molecule has 0 aliphatic heterocycles. The summed E-state index contributed by atoms with van der Waals surface area (Å²) in [5.41, 5.74) is 2.05. The van der Waals surface area contributed by atoms with Crippen molar-refractivity contribution in [1.29, 1.82) is 0 Å². The highest BCUT2D eigenvalue weighted by molar-refractivity contribution is 6.18. The Kier molecular flexibility index (Phi) is 3.43. The van der Waals surface area contributed by atoms with Gasteiger partial charge < -0.3 is 4.74 Å². The van der Waals surface area contributed by atoms with Gasteiger partial charge in [-0.2, -0.15) is 0 Å². The second-order valence-electron chi connectivity index (χ2n) is 4.26. The number of hydrogen-bond acceptors (Lipinski definition) is 1. The first-order valence-corrected chi connectivity index (χ1v) is 5.30. The summed E-state index contributed by atoms with van der Waals surface area (Å²) < 4.78 is 5.83. The van der Waals surface area contributed by atoms with E-state index >= 15 is 0 Å². The molecule has 0 atom stereocenters. The highest BCUT2D eigenvalue weighted by Gasteiger charge is 2.18. The van der Waals surface area contributed by atoms with Crippen LogP contribution in [0, 0.1) is 13.8 Å². The van der Waals surface area contributed by atoms with Crippen molar-refractivity contribution in [1.82, 2.24) is 0 Å². The summed E-state index contributed by atoms with van der Waals surface area (Å²) in [6.07, 6.45) is 0.